The number of nitrogens with one attached hydrogen (secondary N) is 2. The summed E-state index contributed by atoms with van der Waals surface area (Å²) in [7, 11) is 0. The van der Waals surface area contributed by atoms with E-state index in [1.165, 1.54) is 15.1 Å². The number of carbonyl (C=O) groups excluding carboxylic acids is 1. The van der Waals surface area contributed by atoms with Gasteiger partial charge in [0.2, 0.25) is 5.91 Å². The van der Waals surface area contributed by atoms with Crippen LogP contribution in [0.4, 0.5) is 5.00 Å². The van der Waals surface area contributed by atoms with Gasteiger partial charge in [-0.2, -0.15) is 0 Å². The fraction of sp³-hybridized carbons (Fsp3) is 0.294. The maximum absolute atomic E-state index is 11.6. The number of thiazole rings is 1. The van der Waals surface area contributed by atoms with Crippen LogP contribution in [0.15, 0.2) is 24.3 Å². The van der Waals surface area contributed by atoms with Crippen molar-refractivity contribution in [2.75, 3.05) is 5.32 Å². The summed E-state index contributed by atoms with van der Waals surface area (Å²) in [6.07, 6.45) is 0.969. The van der Waals surface area contributed by atoms with Crippen LogP contribution < -0.4 is 10.6 Å². The Kier molecular flexibility index (Phi) is 3.67. The lowest BCUT2D eigenvalue weighted by Gasteiger charge is -2.20. The molecule has 0 spiro atoms. The number of hydrogen-bond donors (Lipinski definition) is 2. The molecule has 2 aromatic heterocycles. The predicted molar refractivity (Wildman–Crippen MR) is 97.2 cm³/mol. The molecule has 118 valence electrons. The number of anilines is 1. The highest BCUT2D eigenvalue weighted by atomic mass is 32.1. The Bertz CT molecular complexity index is 864. The molecular weight excluding hydrogens is 326 g/mol. The summed E-state index contributed by atoms with van der Waals surface area (Å²) in [5.41, 5.74) is 3.47. The second-order valence-electron chi connectivity index (χ2n) is 5.86. The van der Waals surface area contributed by atoms with Gasteiger partial charge in [-0.1, -0.05) is 12.1 Å². The summed E-state index contributed by atoms with van der Waals surface area (Å²) in [5.74, 6) is -0.0352. The molecule has 23 heavy (non-hydrogen) atoms. The first-order valence-electron chi connectivity index (χ1n) is 7.63. The van der Waals surface area contributed by atoms with Crippen molar-refractivity contribution < 1.29 is 4.79 Å². The van der Waals surface area contributed by atoms with E-state index in [4.69, 9.17) is 4.98 Å². The number of benzene rings is 1. The Hall–Kier alpha value is -1.76. The quantitative estimate of drug-likeness (QED) is 0.739. The third kappa shape index (κ3) is 2.67. The van der Waals surface area contributed by atoms with Gasteiger partial charge in [0.05, 0.1) is 10.2 Å². The van der Waals surface area contributed by atoms with Crippen LogP contribution in [0.3, 0.4) is 0 Å². The topological polar surface area (TPSA) is 54.0 Å². The molecule has 4 rings (SSSR count). The van der Waals surface area contributed by atoms with E-state index < -0.39 is 0 Å². The van der Waals surface area contributed by atoms with Crippen molar-refractivity contribution in [3.8, 4) is 10.6 Å². The number of hydrogen-bond acceptors (Lipinski definition) is 5. The van der Waals surface area contributed by atoms with Crippen LogP contribution in [0.25, 0.3) is 20.8 Å². The molecule has 1 amide bonds. The minimum atomic E-state index is -0.0352. The molecule has 1 aromatic carbocycles. The summed E-state index contributed by atoms with van der Waals surface area (Å²) in [6.45, 7) is 4.61. The molecule has 3 aromatic rings. The van der Waals surface area contributed by atoms with Crippen LogP contribution in [0.2, 0.25) is 0 Å². The van der Waals surface area contributed by atoms with E-state index in [1.54, 1.807) is 29.6 Å². The van der Waals surface area contributed by atoms with Crippen molar-refractivity contribution in [3.63, 3.8) is 0 Å². The van der Waals surface area contributed by atoms with E-state index in [9.17, 15) is 4.79 Å². The van der Waals surface area contributed by atoms with Gasteiger partial charge in [-0.05, 0) is 31.0 Å². The van der Waals surface area contributed by atoms with E-state index in [2.05, 4.69) is 23.6 Å². The van der Waals surface area contributed by atoms with Crippen LogP contribution >= 0.6 is 22.7 Å². The molecule has 1 aliphatic heterocycles. The monoisotopic (exact) mass is 343 g/mol. The number of carbonyl (C=O) groups is 1. The maximum atomic E-state index is 11.6. The molecule has 0 aliphatic carbocycles. The molecular formula is C17H17N3OS2. The fourth-order valence-corrected chi connectivity index (χ4v) is 5.31. The highest BCUT2D eigenvalue weighted by molar-refractivity contribution is 7.22. The van der Waals surface area contributed by atoms with Gasteiger partial charge in [0, 0.05) is 30.0 Å². The third-order valence-corrected chi connectivity index (χ3v) is 6.21. The second kappa shape index (κ2) is 5.70. The average Bonchev–Trinajstić information content (AvgIpc) is 3.06. The highest BCUT2D eigenvalue weighted by Gasteiger charge is 2.26. The van der Waals surface area contributed by atoms with Crippen LogP contribution in [0, 0.1) is 0 Å². The van der Waals surface area contributed by atoms with Crippen molar-refractivity contribution in [1.82, 2.24) is 10.3 Å². The summed E-state index contributed by atoms with van der Waals surface area (Å²) in [4.78, 5) is 17.7. The highest BCUT2D eigenvalue weighted by Crippen LogP contribution is 2.45. The fourth-order valence-electron chi connectivity index (χ4n) is 2.97. The van der Waals surface area contributed by atoms with Gasteiger partial charge in [-0.15, -0.1) is 22.7 Å². The largest absolute Gasteiger partial charge is 0.317 e. The molecule has 0 saturated carbocycles. The minimum Gasteiger partial charge on any atom is -0.317 e. The first-order valence-corrected chi connectivity index (χ1v) is 9.26. The van der Waals surface area contributed by atoms with Crippen molar-refractivity contribution in [3.05, 3.63) is 34.7 Å². The van der Waals surface area contributed by atoms with E-state index >= 15 is 0 Å². The molecule has 6 heteroatoms. The number of thiophene rings is 1. The minimum absolute atomic E-state index is 0.0352. The molecule has 0 bridgehead atoms. The molecule has 1 aliphatic rings. The molecule has 2 N–H and O–H groups in total. The zero-order valence-corrected chi connectivity index (χ0v) is 14.6. The summed E-state index contributed by atoms with van der Waals surface area (Å²) in [5, 5.41) is 8.43. The number of para-hydroxylation sites is 1. The number of amides is 1. The maximum Gasteiger partial charge on any atom is 0.221 e. The van der Waals surface area contributed by atoms with Gasteiger partial charge >= 0.3 is 0 Å². The van der Waals surface area contributed by atoms with Crippen LogP contribution in [0.5, 0.6) is 0 Å². The average molecular weight is 343 g/mol. The van der Waals surface area contributed by atoms with Gasteiger partial charge in [0.1, 0.15) is 10.0 Å². The molecule has 4 nitrogen and oxygen atoms in total. The van der Waals surface area contributed by atoms with E-state index in [0.717, 1.165) is 34.1 Å². The van der Waals surface area contributed by atoms with Crippen LogP contribution in [-0.4, -0.2) is 16.9 Å². The lowest BCUT2D eigenvalue weighted by atomic mass is 9.99. The molecule has 1 atom stereocenters. The molecule has 1 unspecified atom stereocenters. The van der Waals surface area contributed by atoms with E-state index in [-0.39, 0.29) is 5.91 Å². The second-order valence-corrected chi connectivity index (χ2v) is 8.00. The van der Waals surface area contributed by atoms with E-state index in [0.29, 0.717) is 6.04 Å². The van der Waals surface area contributed by atoms with Crippen LogP contribution in [-0.2, 0) is 17.8 Å². The van der Waals surface area contributed by atoms with Gasteiger partial charge in [-0.25, -0.2) is 4.98 Å². The predicted octanol–water partition coefficient (Wildman–Crippen LogP) is 4.02. The number of rotatable bonds is 2. The van der Waals surface area contributed by atoms with Gasteiger partial charge in [0.15, 0.2) is 0 Å². The van der Waals surface area contributed by atoms with Gasteiger partial charge in [-0.3, -0.25) is 4.79 Å². The van der Waals surface area contributed by atoms with Gasteiger partial charge in [0.25, 0.3) is 0 Å². The normalized spacial score (nSPS) is 17.2. The summed E-state index contributed by atoms with van der Waals surface area (Å²) in [6, 6.07) is 8.62. The van der Waals surface area contributed by atoms with Crippen molar-refractivity contribution in [1.29, 1.82) is 0 Å². The van der Waals surface area contributed by atoms with Crippen molar-refractivity contribution in [2.24, 2.45) is 0 Å². The zero-order valence-electron chi connectivity index (χ0n) is 13.0. The summed E-state index contributed by atoms with van der Waals surface area (Å²) >= 11 is 3.36. The first kappa shape index (κ1) is 14.8. The number of aromatic nitrogens is 1. The van der Waals surface area contributed by atoms with Gasteiger partial charge < -0.3 is 10.6 Å². The summed E-state index contributed by atoms with van der Waals surface area (Å²) < 4.78 is 1.18. The Morgan fingerprint density at radius 3 is 2.96 bits per heavy atom. The molecule has 0 radical (unpaired) electrons. The smallest absolute Gasteiger partial charge is 0.221 e. The zero-order chi connectivity index (χ0) is 16.0. The Morgan fingerprint density at radius 2 is 2.17 bits per heavy atom. The molecule has 0 fully saturated rings. The Balaban J connectivity index is 1.91. The first-order chi connectivity index (χ1) is 11.1. The van der Waals surface area contributed by atoms with Crippen molar-refractivity contribution >= 4 is 43.8 Å². The van der Waals surface area contributed by atoms with E-state index in [1.807, 2.05) is 18.2 Å². The standard InChI is InChI=1S/C17H17N3OS2/c1-9-7-11-14(8-18-9)23-16(19-10(2)21)15(11)17-20-12-5-3-4-6-13(12)22-17/h3-6,9,18H,7-8H2,1-2H3,(H,19,21). The lowest BCUT2D eigenvalue weighted by molar-refractivity contribution is -0.114. The lowest BCUT2D eigenvalue weighted by Crippen LogP contribution is -2.31. The Morgan fingerprint density at radius 1 is 1.35 bits per heavy atom. The number of nitrogens with zero attached hydrogens (tertiary/aromatic N) is 1. The molecule has 3 heterocycles. The van der Waals surface area contributed by atoms with Crippen LogP contribution in [0.1, 0.15) is 24.3 Å². The third-order valence-electron chi connectivity index (χ3n) is 4.01. The number of fused-ring (bicyclic) bond motifs is 2. The SMILES string of the molecule is CC(=O)Nc1sc2c(c1-c1nc3ccccc3s1)CC(C)NC2. The Labute approximate surface area is 142 Å². The molecule has 0 saturated heterocycles. The van der Waals surface area contributed by atoms with Crippen molar-refractivity contribution in [2.45, 2.75) is 32.9 Å².